The Kier molecular flexibility index (Phi) is 10.5. The van der Waals surface area contributed by atoms with Gasteiger partial charge in [-0.05, 0) is 92.3 Å². The zero-order chi connectivity index (χ0) is 28.8. The van der Waals surface area contributed by atoms with E-state index in [0.29, 0.717) is 24.8 Å². The minimum atomic E-state index is -0.992. The number of aliphatic carboxylic acids is 1. The van der Waals surface area contributed by atoms with E-state index < -0.39 is 33.6 Å². The predicted molar refractivity (Wildman–Crippen MR) is 164 cm³/mol. The van der Waals surface area contributed by atoms with Gasteiger partial charge in [-0.2, -0.15) is 0 Å². The number of nitrogens with one attached hydrogen (secondary N) is 1. The molecule has 0 aliphatic heterocycles. The van der Waals surface area contributed by atoms with Crippen LogP contribution in [-0.4, -0.2) is 70.0 Å². The smallest absolute Gasteiger partial charge is 0.407 e. The van der Waals surface area contributed by atoms with Crippen LogP contribution >= 0.6 is 32.6 Å². The molecule has 2 N–H and O–H groups in total. The van der Waals surface area contributed by atoms with Crippen LogP contribution in [0.15, 0.2) is 42.7 Å². The highest BCUT2D eigenvalue weighted by atomic mass is 127. The van der Waals surface area contributed by atoms with Crippen molar-refractivity contribution < 1.29 is 28.9 Å². The Bertz CT molecular complexity index is 1280. The summed E-state index contributed by atoms with van der Waals surface area (Å²) in [7, 11) is -0.606. The van der Waals surface area contributed by atoms with Crippen LogP contribution in [0.2, 0.25) is 0 Å². The molecule has 3 aromatic rings. The van der Waals surface area contributed by atoms with Crippen LogP contribution in [0.4, 0.5) is 4.79 Å². The predicted octanol–water partition coefficient (Wildman–Crippen LogP) is 5.87. The van der Waals surface area contributed by atoms with Crippen LogP contribution < -0.4 is 10.1 Å². The van der Waals surface area contributed by atoms with Crippen LogP contribution in [0.1, 0.15) is 26.3 Å². The average Bonchev–Trinajstić information content (AvgIpc) is 3.15. The zero-order valence-electron chi connectivity index (χ0n) is 23.3. The lowest BCUT2D eigenvalue weighted by atomic mass is 9.99. The van der Waals surface area contributed by atoms with Gasteiger partial charge in [-0.25, -0.2) is 19.8 Å². The number of carboxylic acid groups (broad SMARTS) is 1. The van der Waals surface area contributed by atoms with Gasteiger partial charge in [0, 0.05) is 28.3 Å². The second kappa shape index (κ2) is 13.2. The molecule has 0 saturated carbocycles. The lowest BCUT2D eigenvalue weighted by Crippen LogP contribution is -2.37. The van der Waals surface area contributed by atoms with Gasteiger partial charge >= 0.3 is 12.1 Å². The van der Waals surface area contributed by atoms with E-state index in [1.165, 1.54) is 0 Å². The number of carboxylic acids is 1. The molecule has 1 amide bonds. The molecule has 0 radical (unpaired) electrons. The second-order valence-corrected chi connectivity index (χ2v) is 16.9. The molecule has 2 heterocycles. The first kappa shape index (κ1) is 31.0. The van der Waals surface area contributed by atoms with Gasteiger partial charge < -0.3 is 29.2 Å². The Morgan fingerprint density at radius 3 is 2.46 bits per heavy atom. The van der Waals surface area contributed by atoms with Crippen molar-refractivity contribution in [1.82, 2.24) is 14.9 Å². The Morgan fingerprint density at radius 1 is 1.15 bits per heavy atom. The van der Waals surface area contributed by atoms with Crippen molar-refractivity contribution in [1.29, 1.82) is 0 Å². The maximum absolute atomic E-state index is 11.9. The van der Waals surface area contributed by atoms with Crippen LogP contribution in [-0.2, 0) is 27.4 Å². The number of benzene rings is 1. The van der Waals surface area contributed by atoms with Crippen molar-refractivity contribution in [2.75, 3.05) is 37.7 Å². The first-order valence-corrected chi connectivity index (χ1v) is 16.7. The largest absolute Gasteiger partial charge is 0.481 e. The van der Waals surface area contributed by atoms with E-state index in [9.17, 15) is 14.7 Å². The van der Waals surface area contributed by atoms with Gasteiger partial charge in [-0.3, -0.25) is 4.79 Å². The number of amides is 1. The van der Waals surface area contributed by atoms with Gasteiger partial charge in [-0.15, -0.1) is 0 Å². The highest BCUT2D eigenvalue weighted by Crippen LogP contribution is 2.35. The number of ether oxygens (including phenoxy) is 3. The number of alkyl carbamates (subject to hydrolysis) is 1. The molecule has 0 fully saturated rings. The summed E-state index contributed by atoms with van der Waals surface area (Å²) < 4.78 is 20.3. The minimum absolute atomic E-state index is 0.0337. The fourth-order valence-electron chi connectivity index (χ4n) is 3.67. The molecule has 11 heteroatoms. The number of carbonyl (C=O) groups excluding carboxylic acids is 1. The molecule has 0 saturated heterocycles. The number of aromatic nitrogens is 2. The monoisotopic (exact) mass is 671 g/mol. The summed E-state index contributed by atoms with van der Waals surface area (Å²) in [6, 6.07) is 9.11. The first-order valence-electron chi connectivity index (χ1n) is 12.6. The van der Waals surface area contributed by atoms with Crippen LogP contribution in [0.5, 0.6) is 11.5 Å². The van der Waals surface area contributed by atoms with Crippen molar-refractivity contribution in [2.45, 2.75) is 39.5 Å². The molecule has 214 valence electrons. The maximum atomic E-state index is 11.9. The van der Waals surface area contributed by atoms with E-state index >= 15 is 0 Å². The van der Waals surface area contributed by atoms with E-state index in [-0.39, 0.29) is 13.0 Å². The van der Waals surface area contributed by atoms with E-state index in [2.05, 4.69) is 51.7 Å². The molecule has 3 rings (SSSR count). The van der Waals surface area contributed by atoms with Gasteiger partial charge in [0.1, 0.15) is 29.5 Å². The number of carbonyl (C=O) groups is 2. The summed E-state index contributed by atoms with van der Waals surface area (Å²) in [5.41, 5.74) is 0.953. The average molecular weight is 672 g/mol. The SMILES string of the molecule is CC(C)(C)OC(=O)NCC(Cc1ccc(Oc2ccnc3c2c(I)cn3COCCS(C)(C)C)cc1)C(=O)O. The summed E-state index contributed by atoms with van der Waals surface area (Å²) >= 11 is 2.28. The normalized spacial score (nSPS) is 13.2. The summed E-state index contributed by atoms with van der Waals surface area (Å²) in [4.78, 5) is 28.2. The first-order chi connectivity index (χ1) is 18.2. The third kappa shape index (κ3) is 9.87. The van der Waals surface area contributed by atoms with Gasteiger partial charge in [0.15, 0.2) is 0 Å². The van der Waals surface area contributed by atoms with Crippen molar-refractivity contribution in [3.63, 3.8) is 0 Å². The summed E-state index contributed by atoms with van der Waals surface area (Å²) in [5.74, 6) is 0.567. The maximum Gasteiger partial charge on any atom is 0.407 e. The highest BCUT2D eigenvalue weighted by Gasteiger charge is 2.22. The Balaban J connectivity index is 1.65. The Hall–Kier alpha value is -2.51. The van der Waals surface area contributed by atoms with Gasteiger partial charge in [0.2, 0.25) is 0 Å². The van der Waals surface area contributed by atoms with Gasteiger partial charge in [0.05, 0.1) is 17.9 Å². The fraction of sp³-hybridized carbons (Fsp3) is 0.464. The number of nitrogens with zero attached hydrogens (tertiary/aromatic N) is 2. The number of pyridine rings is 1. The van der Waals surface area contributed by atoms with Crippen molar-refractivity contribution >= 4 is 55.7 Å². The second-order valence-electron chi connectivity index (χ2n) is 11.2. The standard InChI is InChI=1S/C28H38IN3O6S/c1-28(2,3)38-27(35)31-16-20(26(33)34)15-19-7-9-21(10-8-19)37-23-11-12-30-25-24(23)22(29)17-32(25)18-36-13-14-39(4,5)6/h7-12,17,20H,13-16,18H2,1-6H3,(H,31,35)(H,33,34). The molecule has 2 aromatic heterocycles. The Morgan fingerprint density at radius 2 is 1.85 bits per heavy atom. The number of hydrogen-bond donors (Lipinski definition) is 2. The lowest BCUT2D eigenvalue weighted by molar-refractivity contribution is -0.141. The van der Waals surface area contributed by atoms with Gasteiger partial charge in [-0.1, -0.05) is 12.1 Å². The quantitative estimate of drug-likeness (QED) is 0.183. The highest BCUT2D eigenvalue weighted by molar-refractivity contribution is 14.1. The fourth-order valence-corrected chi connectivity index (χ4v) is 5.13. The van der Waals surface area contributed by atoms with Crippen molar-refractivity contribution in [3.8, 4) is 11.5 Å². The van der Waals surface area contributed by atoms with Crippen molar-refractivity contribution in [2.24, 2.45) is 5.92 Å². The molecule has 0 bridgehead atoms. The summed E-state index contributed by atoms with van der Waals surface area (Å²) in [5, 5.41) is 13.1. The van der Waals surface area contributed by atoms with E-state index in [1.54, 1.807) is 27.0 Å². The molecule has 0 spiro atoms. The number of fused-ring (bicyclic) bond motifs is 1. The molecule has 1 unspecified atom stereocenters. The lowest BCUT2D eigenvalue weighted by Gasteiger charge is -2.24. The van der Waals surface area contributed by atoms with Crippen molar-refractivity contribution in [3.05, 3.63) is 51.9 Å². The zero-order valence-corrected chi connectivity index (χ0v) is 26.3. The third-order valence-corrected chi connectivity index (χ3v) is 7.83. The molecule has 9 nitrogen and oxygen atoms in total. The molecular formula is C28H38IN3O6S. The number of rotatable bonds is 12. The Labute approximate surface area is 245 Å². The van der Waals surface area contributed by atoms with Crippen LogP contribution in [0.25, 0.3) is 11.0 Å². The molecule has 1 aromatic carbocycles. The molecule has 0 aliphatic rings. The minimum Gasteiger partial charge on any atom is -0.481 e. The molecule has 1 atom stereocenters. The topological polar surface area (TPSA) is 112 Å². The van der Waals surface area contributed by atoms with Crippen LogP contribution in [0.3, 0.4) is 0 Å². The van der Waals surface area contributed by atoms with Gasteiger partial charge in [0.25, 0.3) is 0 Å². The van der Waals surface area contributed by atoms with Crippen LogP contribution in [0, 0.1) is 9.49 Å². The molecule has 0 aliphatic carbocycles. The summed E-state index contributed by atoms with van der Waals surface area (Å²) in [6.07, 6.45) is 10.2. The number of hydrogen-bond acceptors (Lipinski definition) is 6. The molecular weight excluding hydrogens is 633 g/mol. The summed E-state index contributed by atoms with van der Waals surface area (Å²) in [6.45, 7) is 6.35. The van der Waals surface area contributed by atoms with E-state index in [1.807, 2.05) is 41.1 Å². The third-order valence-electron chi connectivity index (χ3n) is 5.62. The van der Waals surface area contributed by atoms with E-state index in [0.717, 1.165) is 25.9 Å². The molecule has 39 heavy (non-hydrogen) atoms. The van der Waals surface area contributed by atoms with E-state index in [4.69, 9.17) is 14.2 Å². The number of halogens is 1.